The first-order valence-corrected chi connectivity index (χ1v) is 8.28. The monoisotopic (exact) mass is 280 g/mol. The highest BCUT2D eigenvalue weighted by atomic mass is 16.2. The topological polar surface area (TPSA) is 46.3 Å². The molecule has 1 heterocycles. The molecule has 20 heavy (non-hydrogen) atoms. The molecule has 1 saturated carbocycles. The van der Waals surface area contributed by atoms with Crippen molar-refractivity contribution in [3.8, 4) is 0 Å². The molecule has 0 aromatic rings. The van der Waals surface area contributed by atoms with Gasteiger partial charge in [0.15, 0.2) is 0 Å². The zero-order valence-electron chi connectivity index (χ0n) is 13.7. The van der Waals surface area contributed by atoms with Gasteiger partial charge >= 0.3 is 0 Å². The van der Waals surface area contributed by atoms with Gasteiger partial charge < -0.3 is 10.6 Å². The number of nitrogens with zero attached hydrogens (tertiary/aromatic N) is 1. The third kappa shape index (κ3) is 3.03. The quantitative estimate of drug-likeness (QED) is 0.845. The van der Waals surface area contributed by atoms with E-state index in [4.69, 9.17) is 5.73 Å². The number of likely N-dealkylation sites (tertiary alicyclic amines) is 1. The molecule has 2 N–H and O–H groups in total. The molecule has 0 aromatic heterocycles. The molecule has 1 unspecified atom stereocenters. The number of hydrogen-bond acceptors (Lipinski definition) is 2. The van der Waals surface area contributed by atoms with Crippen LogP contribution in [0.5, 0.6) is 0 Å². The number of hydrogen-bond donors (Lipinski definition) is 1. The molecule has 1 amide bonds. The number of carbonyl (C=O) groups excluding carboxylic acids is 1. The first kappa shape index (κ1) is 15.8. The molecule has 1 atom stereocenters. The van der Waals surface area contributed by atoms with E-state index in [1.165, 1.54) is 6.42 Å². The Bertz CT molecular complexity index is 352. The summed E-state index contributed by atoms with van der Waals surface area (Å²) < 4.78 is 0. The second-order valence-corrected chi connectivity index (χ2v) is 8.28. The van der Waals surface area contributed by atoms with Crippen molar-refractivity contribution in [2.24, 2.45) is 28.4 Å². The predicted octanol–water partition coefficient (Wildman–Crippen LogP) is 3.04. The summed E-state index contributed by atoms with van der Waals surface area (Å²) in [6.45, 7) is 11.6. The lowest BCUT2D eigenvalue weighted by atomic mass is 9.62. The van der Waals surface area contributed by atoms with E-state index in [9.17, 15) is 4.79 Å². The van der Waals surface area contributed by atoms with Crippen LogP contribution in [0.2, 0.25) is 0 Å². The van der Waals surface area contributed by atoms with E-state index in [-0.39, 0.29) is 5.41 Å². The molecule has 0 bridgehead atoms. The minimum absolute atomic E-state index is 0.221. The van der Waals surface area contributed by atoms with Gasteiger partial charge in [-0.1, -0.05) is 27.7 Å². The van der Waals surface area contributed by atoms with Crippen molar-refractivity contribution >= 4 is 5.91 Å². The predicted molar refractivity (Wildman–Crippen MR) is 83.3 cm³/mol. The lowest BCUT2D eigenvalue weighted by molar-refractivity contribution is -0.149. The van der Waals surface area contributed by atoms with Crippen LogP contribution in [0.25, 0.3) is 0 Å². The SMILES string of the molecule is CC1CC(CN)(C(=O)N2CCCC(C(C)(C)C)CC2)C1. The van der Waals surface area contributed by atoms with E-state index < -0.39 is 0 Å². The molecule has 1 aliphatic carbocycles. The number of rotatable bonds is 2. The van der Waals surface area contributed by atoms with E-state index in [2.05, 4.69) is 32.6 Å². The van der Waals surface area contributed by atoms with Gasteiger partial charge in [0.05, 0.1) is 5.41 Å². The van der Waals surface area contributed by atoms with Gasteiger partial charge in [-0.15, -0.1) is 0 Å². The normalized spacial score (nSPS) is 35.4. The number of carbonyl (C=O) groups is 1. The lowest BCUT2D eigenvalue weighted by Crippen LogP contribution is -2.54. The summed E-state index contributed by atoms with van der Waals surface area (Å²) in [5.74, 6) is 1.74. The molecule has 2 aliphatic rings. The summed E-state index contributed by atoms with van der Waals surface area (Å²) in [4.78, 5) is 14.9. The summed E-state index contributed by atoms with van der Waals surface area (Å²) in [6.07, 6.45) is 5.51. The molecule has 0 aromatic carbocycles. The summed E-state index contributed by atoms with van der Waals surface area (Å²) in [5.41, 5.74) is 6.06. The summed E-state index contributed by atoms with van der Waals surface area (Å²) in [7, 11) is 0. The van der Waals surface area contributed by atoms with Crippen molar-refractivity contribution in [3.63, 3.8) is 0 Å². The van der Waals surface area contributed by atoms with Crippen LogP contribution in [-0.2, 0) is 4.79 Å². The molecular weight excluding hydrogens is 248 g/mol. The first-order valence-electron chi connectivity index (χ1n) is 8.28. The van der Waals surface area contributed by atoms with Crippen molar-refractivity contribution in [2.45, 2.75) is 59.8 Å². The Kier molecular flexibility index (Phi) is 4.48. The van der Waals surface area contributed by atoms with Crippen molar-refractivity contribution in [2.75, 3.05) is 19.6 Å². The molecule has 2 fully saturated rings. The molecule has 3 heteroatoms. The molecule has 1 saturated heterocycles. The van der Waals surface area contributed by atoms with Crippen molar-refractivity contribution in [1.29, 1.82) is 0 Å². The van der Waals surface area contributed by atoms with Gasteiger partial charge in [0.1, 0.15) is 0 Å². The fourth-order valence-electron chi connectivity index (χ4n) is 4.20. The third-order valence-corrected chi connectivity index (χ3v) is 5.56. The number of amides is 1. The summed E-state index contributed by atoms with van der Waals surface area (Å²) >= 11 is 0. The van der Waals surface area contributed by atoms with Crippen LogP contribution in [0.4, 0.5) is 0 Å². The molecule has 116 valence electrons. The zero-order valence-corrected chi connectivity index (χ0v) is 13.7. The Morgan fingerprint density at radius 1 is 1.25 bits per heavy atom. The molecular formula is C17H32N2O. The highest BCUT2D eigenvalue weighted by Gasteiger charge is 2.49. The Morgan fingerprint density at radius 2 is 1.90 bits per heavy atom. The summed E-state index contributed by atoms with van der Waals surface area (Å²) in [5, 5.41) is 0. The maximum absolute atomic E-state index is 12.8. The fourth-order valence-corrected chi connectivity index (χ4v) is 4.20. The Labute approximate surface area is 124 Å². The van der Waals surface area contributed by atoms with Crippen LogP contribution in [0.1, 0.15) is 59.8 Å². The highest BCUT2D eigenvalue weighted by molar-refractivity contribution is 5.84. The van der Waals surface area contributed by atoms with Crippen molar-refractivity contribution in [3.05, 3.63) is 0 Å². The van der Waals surface area contributed by atoms with Crippen LogP contribution in [0, 0.1) is 22.7 Å². The lowest BCUT2D eigenvalue weighted by Gasteiger charge is -2.46. The maximum Gasteiger partial charge on any atom is 0.230 e. The largest absolute Gasteiger partial charge is 0.342 e. The van der Waals surface area contributed by atoms with Crippen molar-refractivity contribution in [1.82, 2.24) is 4.90 Å². The van der Waals surface area contributed by atoms with Crippen LogP contribution >= 0.6 is 0 Å². The van der Waals surface area contributed by atoms with Gasteiger partial charge in [-0.05, 0) is 49.4 Å². The smallest absolute Gasteiger partial charge is 0.230 e. The molecule has 2 rings (SSSR count). The fraction of sp³-hybridized carbons (Fsp3) is 0.941. The van der Waals surface area contributed by atoms with Crippen LogP contribution in [0.15, 0.2) is 0 Å². The third-order valence-electron chi connectivity index (χ3n) is 5.56. The Hall–Kier alpha value is -0.570. The second kappa shape index (κ2) is 5.67. The van der Waals surface area contributed by atoms with Gasteiger partial charge in [-0.25, -0.2) is 0 Å². The van der Waals surface area contributed by atoms with E-state index in [0.29, 0.717) is 23.8 Å². The minimum atomic E-state index is -0.221. The van der Waals surface area contributed by atoms with Crippen molar-refractivity contribution < 1.29 is 4.79 Å². The van der Waals surface area contributed by atoms with Crippen LogP contribution in [0.3, 0.4) is 0 Å². The molecule has 1 aliphatic heterocycles. The first-order chi connectivity index (χ1) is 9.28. The average molecular weight is 280 g/mol. The highest BCUT2D eigenvalue weighted by Crippen LogP contribution is 2.46. The van der Waals surface area contributed by atoms with E-state index in [1.54, 1.807) is 0 Å². The Balaban J connectivity index is 1.98. The Morgan fingerprint density at radius 3 is 2.40 bits per heavy atom. The van der Waals surface area contributed by atoms with Gasteiger partial charge in [0, 0.05) is 19.6 Å². The van der Waals surface area contributed by atoms with E-state index in [1.807, 2.05) is 0 Å². The zero-order chi connectivity index (χ0) is 15.0. The molecule has 3 nitrogen and oxygen atoms in total. The average Bonchev–Trinajstić information content (AvgIpc) is 2.58. The van der Waals surface area contributed by atoms with Gasteiger partial charge in [0.2, 0.25) is 5.91 Å². The number of nitrogens with two attached hydrogens (primary N) is 1. The van der Waals surface area contributed by atoms with Gasteiger partial charge in [-0.2, -0.15) is 0 Å². The molecule has 0 spiro atoms. The van der Waals surface area contributed by atoms with Gasteiger partial charge in [0.25, 0.3) is 0 Å². The second-order valence-electron chi connectivity index (χ2n) is 8.28. The molecule has 0 radical (unpaired) electrons. The maximum atomic E-state index is 12.8. The standard InChI is InChI=1S/C17H32N2O/c1-13-10-17(11-13,12-18)15(20)19-8-5-6-14(7-9-19)16(2,3)4/h13-14H,5-12,18H2,1-4H3. The van der Waals surface area contributed by atoms with Crippen LogP contribution < -0.4 is 5.73 Å². The summed E-state index contributed by atoms with van der Waals surface area (Å²) in [6, 6.07) is 0. The van der Waals surface area contributed by atoms with Gasteiger partial charge in [-0.3, -0.25) is 4.79 Å². The minimum Gasteiger partial charge on any atom is -0.342 e. The van der Waals surface area contributed by atoms with E-state index in [0.717, 1.165) is 44.7 Å². The van der Waals surface area contributed by atoms with E-state index >= 15 is 0 Å². The van der Waals surface area contributed by atoms with Crippen LogP contribution in [-0.4, -0.2) is 30.4 Å².